The summed E-state index contributed by atoms with van der Waals surface area (Å²) < 4.78 is 0.665. The van der Waals surface area contributed by atoms with Gasteiger partial charge in [0.1, 0.15) is 0 Å². The Hall–Kier alpha value is -0.250. The molecular weight excluding hydrogens is 277 g/mol. The van der Waals surface area contributed by atoms with Crippen LogP contribution in [-0.2, 0) is 0 Å². The second-order valence-corrected chi connectivity index (χ2v) is 3.88. The largest absolute Gasteiger partial charge is 0.397 e. The van der Waals surface area contributed by atoms with E-state index >= 15 is 0 Å². The molecule has 0 unspecified atom stereocenters. The number of carbonyl (C=O) groups is 1. The van der Waals surface area contributed by atoms with E-state index in [1.165, 1.54) is 0 Å². The monoisotopic (exact) mass is 281 g/mol. The molecule has 0 aliphatic heterocycles. The van der Waals surface area contributed by atoms with Gasteiger partial charge in [-0.1, -0.05) is 11.6 Å². The van der Waals surface area contributed by atoms with E-state index in [4.69, 9.17) is 28.9 Å². The Balaban J connectivity index is 3.26. The first-order valence-corrected chi connectivity index (χ1v) is 5.11. The van der Waals surface area contributed by atoms with E-state index in [9.17, 15) is 4.79 Å². The van der Waals surface area contributed by atoms with Crippen molar-refractivity contribution in [3.8, 4) is 0 Å². The number of ketones is 1. The first-order valence-electron chi connectivity index (χ1n) is 3.40. The molecule has 5 heteroatoms. The Labute approximate surface area is 94.1 Å². The number of Topliss-reactive ketones (excluding diaryl/α,β-unsaturated/α-hetero) is 1. The fourth-order valence-electron chi connectivity index (χ4n) is 0.881. The summed E-state index contributed by atoms with van der Waals surface area (Å²) in [5, 5.41) is 0.343. The molecule has 0 amide bonds. The third-order valence-electron chi connectivity index (χ3n) is 1.55. The molecule has 0 radical (unpaired) electrons. The Morgan fingerprint density at radius 2 is 2.15 bits per heavy atom. The quantitative estimate of drug-likeness (QED) is 0.515. The highest BCUT2D eigenvalue weighted by Gasteiger charge is 2.12. The number of hydrogen-bond donors (Lipinski definition) is 1. The molecular formula is C8H6BrCl2NO. The smallest absolute Gasteiger partial charge is 0.179 e. The Morgan fingerprint density at radius 3 is 2.69 bits per heavy atom. The number of hydrogen-bond acceptors (Lipinski definition) is 2. The van der Waals surface area contributed by atoms with Gasteiger partial charge in [0.05, 0.1) is 16.6 Å². The van der Waals surface area contributed by atoms with Crippen LogP contribution in [0.15, 0.2) is 16.6 Å². The van der Waals surface area contributed by atoms with Gasteiger partial charge in [-0.2, -0.15) is 0 Å². The van der Waals surface area contributed by atoms with E-state index < -0.39 is 0 Å². The van der Waals surface area contributed by atoms with Crippen LogP contribution in [-0.4, -0.2) is 11.7 Å². The number of benzene rings is 1. The third kappa shape index (κ3) is 2.16. The van der Waals surface area contributed by atoms with Crippen molar-refractivity contribution in [1.82, 2.24) is 0 Å². The molecule has 0 heterocycles. The van der Waals surface area contributed by atoms with Crippen LogP contribution < -0.4 is 5.73 Å². The van der Waals surface area contributed by atoms with E-state index in [0.29, 0.717) is 15.1 Å². The van der Waals surface area contributed by atoms with Gasteiger partial charge in [-0.25, -0.2) is 0 Å². The van der Waals surface area contributed by atoms with Gasteiger partial charge in [0, 0.05) is 10.0 Å². The van der Waals surface area contributed by atoms with E-state index in [-0.39, 0.29) is 17.4 Å². The molecule has 0 atom stereocenters. The van der Waals surface area contributed by atoms with Gasteiger partial charge in [-0.15, -0.1) is 11.6 Å². The zero-order valence-electron chi connectivity index (χ0n) is 6.48. The molecule has 13 heavy (non-hydrogen) atoms. The maximum atomic E-state index is 11.2. The predicted octanol–water partition coefficient (Wildman–Crippen LogP) is 3.11. The average molecular weight is 283 g/mol. The molecule has 1 rings (SSSR count). The highest BCUT2D eigenvalue weighted by atomic mass is 79.9. The van der Waals surface area contributed by atoms with Crippen molar-refractivity contribution >= 4 is 50.6 Å². The lowest BCUT2D eigenvalue weighted by atomic mass is 10.1. The van der Waals surface area contributed by atoms with Crippen molar-refractivity contribution in [3.05, 3.63) is 27.2 Å². The number of nitrogens with two attached hydrogens (primary N) is 1. The van der Waals surface area contributed by atoms with Gasteiger partial charge in [0.25, 0.3) is 0 Å². The summed E-state index contributed by atoms with van der Waals surface area (Å²) in [4.78, 5) is 11.2. The molecule has 2 nitrogen and oxygen atoms in total. The van der Waals surface area contributed by atoms with E-state index in [0.717, 1.165) is 0 Å². The van der Waals surface area contributed by atoms with E-state index in [1.54, 1.807) is 12.1 Å². The average Bonchev–Trinajstić information content (AvgIpc) is 2.13. The molecule has 1 aromatic carbocycles. The van der Waals surface area contributed by atoms with E-state index in [2.05, 4.69) is 15.9 Å². The highest BCUT2D eigenvalue weighted by molar-refractivity contribution is 9.10. The van der Waals surface area contributed by atoms with Gasteiger partial charge in [-0.05, 0) is 28.1 Å². The van der Waals surface area contributed by atoms with Gasteiger partial charge in [-0.3, -0.25) is 4.79 Å². The second kappa shape index (κ2) is 4.31. The molecule has 70 valence electrons. The van der Waals surface area contributed by atoms with Crippen molar-refractivity contribution in [2.75, 3.05) is 11.6 Å². The molecule has 0 spiro atoms. The third-order valence-corrected chi connectivity index (χ3v) is 3.09. The Bertz CT molecular complexity index is 354. The van der Waals surface area contributed by atoms with Crippen LogP contribution in [0.4, 0.5) is 5.69 Å². The molecule has 1 aromatic rings. The number of halogens is 3. The molecule has 0 bridgehead atoms. The predicted molar refractivity (Wildman–Crippen MR) is 58.6 cm³/mol. The minimum absolute atomic E-state index is 0.0951. The van der Waals surface area contributed by atoms with Crippen molar-refractivity contribution in [2.45, 2.75) is 0 Å². The number of rotatable bonds is 2. The molecule has 2 N–H and O–H groups in total. The summed E-state index contributed by atoms with van der Waals surface area (Å²) in [5.74, 6) is -0.323. The SMILES string of the molecule is Nc1c(C(=O)CCl)ccc(Br)c1Cl. The fraction of sp³-hybridized carbons (Fsp3) is 0.125. The van der Waals surface area contributed by atoms with Crippen LogP contribution in [0.1, 0.15) is 10.4 Å². The molecule has 0 aliphatic rings. The summed E-state index contributed by atoms with van der Waals surface area (Å²) in [6, 6.07) is 3.26. The summed E-state index contributed by atoms with van der Waals surface area (Å²) >= 11 is 14.4. The van der Waals surface area contributed by atoms with Gasteiger partial charge >= 0.3 is 0 Å². The lowest BCUT2D eigenvalue weighted by molar-refractivity contribution is 0.102. The number of nitrogen functional groups attached to an aromatic ring is 1. The van der Waals surface area contributed by atoms with Crippen LogP contribution in [0.2, 0.25) is 5.02 Å². The molecule has 0 saturated carbocycles. The lowest BCUT2D eigenvalue weighted by Crippen LogP contribution is -2.05. The minimum Gasteiger partial charge on any atom is -0.397 e. The first kappa shape index (κ1) is 10.8. The van der Waals surface area contributed by atoms with Crippen LogP contribution in [0.3, 0.4) is 0 Å². The maximum absolute atomic E-state index is 11.2. The van der Waals surface area contributed by atoms with Crippen molar-refractivity contribution in [2.24, 2.45) is 0 Å². The maximum Gasteiger partial charge on any atom is 0.179 e. The van der Waals surface area contributed by atoms with E-state index in [1.807, 2.05) is 0 Å². The number of alkyl halides is 1. The fourth-order valence-corrected chi connectivity index (χ4v) is 1.54. The first-order chi connectivity index (χ1) is 6.07. The standard InChI is InChI=1S/C8H6BrCl2NO/c9-5-2-1-4(6(13)3-10)8(12)7(5)11/h1-2H,3,12H2. The minimum atomic E-state index is -0.228. The van der Waals surface area contributed by atoms with Crippen LogP contribution >= 0.6 is 39.1 Å². The van der Waals surface area contributed by atoms with Crippen LogP contribution in [0.5, 0.6) is 0 Å². The van der Waals surface area contributed by atoms with Crippen molar-refractivity contribution < 1.29 is 4.79 Å². The van der Waals surface area contributed by atoms with Gasteiger partial charge < -0.3 is 5.73 Å². The highest BCUT2D eigenvalue weighted by Crippen LogP contribution is 2.31. The topological polar surface area (TPSA) is 43.1 Å². The van der Waals surface area contributed by atoms with Crippen LogP contribution in [0, 0.1) is 0 Å². The molecule has 0 fully saturated rings. The molecule has 0 aromatic heterocycles. The summed E-state index contributed by atoms with van der Waals surface area (Å²) in [7, 11) is 0. The summed E-state index contributed by atoms with van der Waals surface area (Å²) in [6.45, 7) is 0. The van der Waals surface area contributed by atoms with Gasteiger partial charge in [0.2, 0.25) is 0 Å². The number of carbonyl (C=O) groups excluding carboxylic acids is 1. The Kier molecular flexibility index (Phi) is 3.59. The lowest BCUT2D eigenvalue weighted by Gasteiger charge is -2.05. The zero-order valence-corrected chi connectivity index (χ0v) is 9.58. The summed E-state index contributed by atoms with van der Waals surface area (Å²) in [5.41, 5.74) is 6.25. The second-order valence-electron chi connectivity index (χ2n) is 2.38. The Morgan fingerprint density at radius 1 is 1.54 bits per heavy atom. The van der Waals surface area contributed by atoms with Crippen molar-refractivity contribution in [1.29, 1.82) is 0 Å². The van der Waals surface area contributed by atoms with Crippen molar-refractivity contribution in [3.63, 3.8) is 0 Å². The normalized spacial score (nSPS) is 10.1. The number of anilines is 1. The molecule has 0 saturated heterocycles. The summed E-state index contributed by atoms with van der Waals surface area (Å²) in [6.07, 6.45) is 0. The zero-order chi connectivity index (χ0) is 10.0. The van der Waals surface area contributed by atoms with Crippen LogP contribution in [0.25, 0.3) is 0 Å². The molecule has 0 aliphatic carbocycles. The van der Waals surface area contributed by atoms with Gasteiger partial charge in [0.15, 0.2) is 5.78 Å².